The van der Waals surface area contributed by atoms with Crippen LogP contribution in [0.3, 0.4) is 0 Å². The zero-order valence-electron chi connectivity index (χ0n) is 15.3. The maximum absolute atomic E-state index is 4.65. The van der Waals surface area contributed by atoms with Crippen LogP contribution in [0, 0.1) is 0 Å². The highest BCUT2D eigenvalue weighted by Gasteiger charge is 2.01. The third-order valence-electron chi connectivity index (χ3n) is 4.39. The molecule has 0 fully saturated rings. The molecule has 0 radical (unpaired) electrons. The monoisotopic (exact) mass is 340 g/mol. The molecule has 0 aromatic heterocycles. The van der Waals surface area contributed by atoms with Gasteiger partial charge in [0.05, 0.1) is 12.1 Å². The standard InChI is InChI=1S/C24H24N2/c1-19(23-9-5-3-6-10-23)25-17-21-13-15-22(16-14-21)18-26-20(2)24-11-7-4-8-12-24/h3-20H,1-2H3. The van der Waals surface area contributed by atoms with E-state index < -0.39 is 0 Å². The van der Waals surface area contributed by atoms with Crippen molar-refractivity contribution >= 4 is 12.4 Å². The van der Waals surface area contributed by atoms with E-state index in [1.807, 2.05) is 48.8 Å². The number of rotatable bonds is 6. The molecular formula is C24H24N2. The van der Waals surface area contributed by atoms with Crippen LogP contribution in [0.15, 0.2) is 94.9 Å². The largest absolute Gasteiger partial charge is 0.285 e. The fourth-order valence-corrected chi connectivity index (χ4v) is 2.70. The minimum absolute atomic E-state index is 0.157. The molecule has 0 spiro atoms. The van der Waals surface area contributed by atoms with Crippen LogP contribution in [0.1, 0.15) is 48.2 Å². The maximum Gasteiger partial charge on any atom is 0.0721 e. The second-order valence-electron chi connectivity index (χ2n) is 6.40. The first-order chi connectivity index (χ1) is 12.7. The molecule has 0 aliphatic rings. The van der Waals surface area contributed by atoms with Crippen molar-refractivity contribution in [2.75, 3.05) is 0 Å². The minimum Gasteiger partial charge on any atom is -0.285 e. The molecular weight excluding hydrogens is 316 g/mol. The summed E-state index contributed by atoms with van der Waals surface area (Å²) in [7, 11) is 0. The molecule has 0 amide bonds. The van der Waals surface area contributed by atoms with Crippen molar-refractivity contribution in [1.29, 1.82) is 0 Å². The van der Waals surface area contributed by atoms with Crippen LogP contribution in [0.5, 0.6) is 0 Å². The Morgan fingerprint density at radius 2 is 0.885 bits per heavy atom. The van der Waals surface area contributed by atoms with Gasteiger partial charge >= 0.3 is 0 Å². The van der Waals surface area contributed by atoms with Crippen molar-refractivity contribution in [3.8, 4) is 0 Å². The molecule has 3 aromatic rings. The summed E-state index contributed by atoms with van der Waals surface area (Å²) < 4.78 is 0. The number of hydrogen-bond donors (Lipinski definition) is 0. The molecule has 3 aromatic carbocycles. The van der Waals surface area contributed by atoms with Crippen LogP contribution in [0.4, 0.5) is 0 Å². The Labute approximate surface area is 156 Å². The lowest BCUT2D eigenvalue weighted by atomic mass is 10.1. The van der Waals surface area contributed by atoms with Gasteiger partial charge in [-0.1, -0.05) is 84.9 Å². The Morgan fingerprint density at radius 3 is 1.23 bits per heavy atom. The second-order valence-corrected chi connectivity index (χ2v) is 6.40. The molecule has 2 nitrogen and oxygen atoms in total. The van der Waals surface area contributed by atoms with Gasteiger partial charge in [-0.3, -0.25) is 9.98 Å². The van der Waals surface area contributed by atoms with E-state index in [9.17, 15) is 0 Å². The zero-order chi connectivity index (χ0) is 18.2. The molecule has 3 rings (SSSR count). The quantitative estimate of drug-likeness (QED) is 0.488. The minimum atomic E-state index is 0.157. The summed E-state index contributed by atoms with van der Waals surface area (Å²) >= 11 is 0. The molecule has 0 aliphatic carbocycles. The van der Waals surface area contributed by atoms with Gasteiger partial charge < -0.3 is 0 Å². The Morgan fingerprint density at radius 1 is 0.538 bits per heavy atom. The fourth-order valence-electron chi connectivity index (χ4n) is 2.70. The van der Waals surface area contributed by atoms with E-state index in [1.54, 1.807) is 0 Å². The van der Waals surface area contributed by atoms with Crippen molar-refractivity contribution in [3.63, 3.8) is 0 Å². The lowest BCUT2D eigenvalue weighted by molar-refractivity contribution is 0.825. The van der Waals surface area contributed by atoms with Crippen LogP contribution in [0.25, 0.3) is 0 Å². The predicted octanol–water partition coefficient (Wildman–Crippen LogP) is 6.05. The van der Waals surface area contributed by atoms with Crippen LogP contribution >= 0.6 is 0 Å². The number of aliphatic imine (C=N–C) groups is 2. The fraction of sp³-hybridized carbons (Fsp3) is 0.167. The Hall–Kier alpha value is -3.00. The molecule has 2 heteroatoms. The molecule has 26 heavy (non-hydrogen) atoms. The van der Waals surface area contributed by atoms with Gasteiger partial charge in [0.1, 0.15) is 0 Å². The second kappa shape index (κ2) is 8.91. The van der Waals surface area contributed by atoms with E-state index in [0.717, 1.165) is 11.1 Å². The van der Waals surface area contributed by atoms with Crippen LogP contribution < -0.4 is 0 Å². The number of hydrogen-bond acceptors (Lipinski definition) is 2. The first-order valence-electron chi connectivity index (χ1n) is 8.98. The van der Waals surface area contributed by atoms with Crippen molar-refractivity contribution < 1.29 is 0 Å². The highest BCUT2D eigenvalue weighted by atomic mass is 14.8. The molecule has 0 bridgehead atoms. The van der Waals surface area contributed by atoms with Crippen molar-refractivity contribution in [3.05, 3.63) is 107 Å². The summed E-state index contributed by atoms with van der Waals surface area (Å²) in [5.41, 5.74) is 4.65. The van der Waals surface area contributed by atoms with Crippen molar-refractivity contribution in [2.45, 2.75) is 25.9 Å². The topological polar surface area (TPSA) is 24.7 Å². The summed E-state index contributed by atoms with van der Waals surface area (Å²) in [5, 5.41) is 0. The molecule has 0 saturated carbocycles. The predicted molar refractivity (Wildman–Crippen MR) is 111 cm³/mol. The van der Waals surface area contributed by atoms with Gasteiger partial charge in [-0.2, -0.15) is 0 Å². The zero-order valence-corrected chi connectivity index (χ0v) is 15.3. The first-order valence-corrected chi connectivity index (χ1v) is 8.98. The van der Waals surface area contributed by atoms with Crippen LogP contribution in [-0.2, 0) is 0 Å². The summed E-state index contributed by atoms with van der Waals surface area (Å²) in [5.74, 6) is 0. The van der Waals surface area contributed by atoms with Gasteiger partial charge in [-0.05, 0) is 36.1 Å². The number of benzene rings is 3. The smallest absolute Gasteiger partial charge is 0.0721 e. The lowest BCUT2D eigenvalue weighted by Gasteiger charge is -2.06. The summed E-state index contributed by atoms with van der Waals surface area (Å²) in [4.78, 5) is 9.30. The molecule has 0 heterocycles. The molecule has 0 saturated heterocycles. The molecule has 0 N–H and O–H groups in total. The van der Waals surface area contributed by atoms with E-state index >= 15 is 0 Å². The highest BCUT2D eigenvalue weighted by Crippen LogP contribution is 2.17. The van der Waals surface area contributed by atoms with Crippen molar-refractivity contribution in [2.24, 2.45) is 9.98 Å². The van der Waals surface area contributed by atoms with Gasteiger partial charge in [0.2, 0.25) is 0 Å². The Balaban J connectivity index is 1.61. The summed E-state index contributed by atoms with van der Waals surface area (Å²) in [6.45, 7) is 4.22. The third kappa shape index (κ3) is 5.00. The molecule has 130 valence electrons. The first kappa shape index (κ1) is 17.8. The van der Waals surface area contributed by atoms with Crippen LogP contribution in [0.2, 0.25) is 0 Å². The van der Waals surface area contributed by atoms with Crippen LogP contribution in [-0.4, -0.2) is 12.4 Å². The van der Waals surface area contributed by atoms with Gasteiger partial charge in [-0.25, -0.2) is 0 Å². The maximum atomic E-state index is 4.65. The highest BCUT2D eigenvalue weighted by molar-refractivity contribution is 5.84. The van der Waals surface area contributed by atoms with E-state index in [-0.39, 0.29) is 12.1 Å². The van der Waals surface area contributed by atoms with Gasteiger partial charge in [-0.15, -0.1) is 0 Å². The number of nitrogens with zero attached hydrogens (tertiary/aromatic N) is 2. The molecule has 2 unspecified atom stereocenters. The van der Waals surface area contributed by atoms with E-state index in [4.69, 9.17) is 0 Å². The summed E-state index contributed by atoms with van der Waals surface area (Å²) in [6, 6.07) is 29.3. The molecule has 2 atom stereocenters. The van der Waals surface area contributed by atoms with Gasteiger partial charge in [0.15, 0.2) is 0 Å². The SMILES string of the molecule is CC(N=Cc1ccc(C=NC(C)c2ccccc2)cc1)c1ccccc1. The molecule has 0 aliphatic heterocycles. The van der Waals surface area contributed by atoms with E-state index in [1.165, 1.54) is 11.1 Å². The van der Waals surface area contributed by atoms with E-state index in [0.29, 0.717) is 0 Å². The Bertz CT molecular complexity index is 775. The lowest BCUT2D eigenvalue weighted by Crippen LogP contribution is -1.92. The third-order valence-corrected chi connectivity index (χ3v) is 4.39. The van der Waals surface area contributed by atoms with Crippen molar-refractivity contribution in [1.82, 2.24) is 0 Å². The average Bonchev–Trinajstić information content (AvgIpc) is 2.72. The average molecular weight is 340 g/mol. The van der Waals surface area contributed by atoms with Gasteiger partial charge in [0, 0.05) is 12.4 Å². The van der Waals surface area contributed by atoms with Gasteiger partial charge in [0.25, 0.3) is 0 Å². The normalized spacial score (nSPS) is 13.9. The Kier molecular flexibility index (Phi) is 6.10. The summed E-state index contributed by atoms with van der Waals surface area (Å²) in [6.07, 6.45) is 3.87. The van der Waals surface area contributed by atoms with E-state index in [2.05, 4.69) is 72.4 Å².